The number of amides is 1. The lowest BCUT2D eigenvalue weighted by Crippen LogP contribution is -2.47. The fourth-order valence-corrected chi connectivity index (χ4v) is 3.07. The van der Waals surface area contributed by atoms with Crippen molar-refractivity contribution in [2.24, 2.45) is 5.92 Å². The van der Waals surface area contributed by atoms with Gasteiger partial charge in [0.05, 0.1) is 12.5 Å². The minimum atomic E-state index is -1.09. The number of hydrogen-bond acceptors (Lipinski definition) is 7. The van der Waals surface area contributed by atoms with Crippen molar-refractivity contribution in [1.29, 1.82) is 0 Å². The number of esters is 2. The van der Waals surface area contributed by atoms with E-state index in [-0.39, 0.29) is 6.42 Å². The molecule has 0 heterocycles. The number of carbonyl (C=O) groups is 3. The van der Waals surface area contributed by atoms with Crippen LogP contribution in [0, 0.1) is 5.92 Å². The Morgan fingerprint density at radius 1 is 0.771 bits per heavy atom. The summed E-state index contributed by atoms with van der Waals surface area (Å²) in [6.45, 7) is 16.1. The summed E-state index contributed by atoms with van der Waals surface area (Å²) >= 11 is 0. The molecule has 0 aliphatic heterocycles. The van der Waals surface area contributed by atoms with Crippen molar-refractivity contribution >= 4 is 18.0 Å². The van der Waals surface area contributed by atoms with E-state index in [4.69, 9.17) is 18.9 Å². The van der Waals surface area contributed by atoms with Gasteiger partial charge in [-0.05, 0) is 93.7 Å². The van der Waals surface area contributed by atoms with Crippen LogP contribution in [0.3, 0.4) is 0 Å². The van der Waals surface area contributed by atoms with Crippen molar-refractivity contribution in [3.8, 4) is 5.75 Å². The molecule has 1 amide bonds. The molecule has 0 radical (unpaired) electrons. The van der Waals surface area contributed by atoms with Gasteiger partial charge in [0, 0.05) is 0 Å². The van der Waals surface area contributed by atoms with E-state index < -0.39 is 46.8 Å². The molecule has 35 heavy (non-hydrogen) atoms. The fraction of sp³-hybridized carbons (Fsp3) is 0.667. The normalized spacial score (nSPS) is 13.9. The van der Waals surface area contributed by atoms with Crippen LogP contribution in [0.2, 0.25) is 0 Å². The highest BCUT2D eigenvalue weighted by Crippen LogP contribution is 2.22. The monoisotopic (exact) mass is 493 g/mol. The third kappa shape index (κ3) is 14.3. The Morgan fingerprint density at radius 2 is 1.29 bits per heavy atom. The van der Waals surface area contributed by atoms with Crippen LogP contribution in [0.5, 0.6) is 5.75 Å². The van der Waals surface area contributed by atoms with Crippen molar-refractivity contribution in [2.45, 2.75) is 104 Å². The number of nitrogens with one attached hydrogen (secondary N) is 1. The SMILES string of the molecule is CC(C)(C)OC(=O)N[C@@H](C[C@H](CCCOc1ccccc1)C(=O)OC(C)(C)C)C(=O)OC(C)(C)C. The number of rotatable bonds is 10. The van der Waals surface area contributed by atoms with E-state index in [1.807, 2.05) is 30.3 Å². The molecule has 0 unspecified atom stereocenters. The Bertz CT molecular complexity index is 817. The second-order valence-electron chi connectivity index (χ2n) is 11.5. The first-order chi connectivity index (χ1) is 16.0. The molecule has 1 N–H and O–H groups in total. The number of para-hydroxylation sites is 1. The molecule has 0 saturated carbocycles. The summed E-state index contributed by atoms with van der Waals surface area (Å²) in [5, 5.41) is 2.59. The predicted molar refractivity (Wildman–Crippen MR) is 134 cm³/mol. The molecule has 0 spiro atoms. The van der Waals surface area contributed by atoms with Crippen LogP contribution in [0.4, 0.5) is 4.79 Å². The lowest BCUT2D eigenvalue weighted by molar-refractivity contribution is -0.163. The van der Waals surface area contributed by atoms with Crippen molar-refractivity contribution in [3.05, 3.63) is 30.3 Å². The zero-order valence-electron chi connectivity index (χ0n) is 22.7. The summed E-state index contributed by atoms with van der Waals surface area (Å²) in [6, 6.07) is 8.29. The summed E-state index contributed by atoms with van der Waals surface area (Å²) in [6.07, 6.45) is 0.196. The molecule has 0 saturated heterocycles. The Kier molecular flexibility index (Phi) is 11.1. The van der Waals surface area contributed by atoms with E-state index in [1.165, 1.54) is 0 Å². The summed E-state index contributed by atoms with van der Waals surface area (Å²) < 4.78 is 22.2. The average molecular weight is 494 g/mol. The molecule has 0 aliphatic rings. The van der Waals surface area contributed by atoms with Gasteiger partial charge in [0.2, 0.25) is 0 Å². The Morgan fingerprint density at radius 3 is 1.80 bits per heavy atom. The van der Waals surface area contributed by atoms with Gasteiger partial charge in [-0.2, -0.15) is 0 Å². The summed E-state index contributed by atoms with van der Waals surface area (Å²) in [5.74, 6) is -1.02. The van der Waals surface area contributed by atoms with Gasteiger partial charge in [0.1, 0.15) is 28.6 Å². The maximum atomic E-state index is 13.0. The summed E-state index contributed by atoms with van der Waals surface area (Å²) in [5.41, 5.74) is -2.21. The van der Waals surface area contributed by atoms with Gasteiger partial charge in [-0.1, -0.05) is 18.2 Å². The second-order valence-corrected chi connectivity index (χ2v) is 11.5. The zero-order chi connectivity index (χ0) is 26.9. The molecule has 0 aromatic heterocycles. The fourth-order valence-electron chi connectivity index (χ4n) is 3.07. The number of benzene rings is 1. The highest BCUT2D eigenvalue weighted by Gasteiger charge is 2.34. The first kappa shape index (κ1) is 30.3. The maximum absolute atomic E-state index is 13.0. The van der Waals surface area contributed by atoms with Crippen LogP contribution in [0.15, 0.2) is 30.3 Å². The minimum Gasteiger partial charge on any atom is -0.494 e. The van der Waals surface area contributed by atoms with Crippen molar-refractivity contribution in [3.63, 3.8) is 0 Å². The first-order valence-corrected chi connectivity index (χ1v) is 12.1. The van der Waals surface area contributed by atoms with Gasteiger partial charge in [0.25, 0.3) is 0 Å². The highest BCUT2D eigenvalue weighted by atomic mass is 16.6. The van der Waals surface area contributed by atoms with Crippen LogP contribution in [0.25, 0.3) is 0 Å². The largest absolute Gasteiger partial charge is 0.494 e. The van der Waals surface area contributed by atoms with Gasteiger partial charge in [-0.15, -0.1) is 0 Å². The molecule has 8 heteroatoms. The molecular weight excluding hydrogens is 450 g/mol. The molecule has 8 nitrogen and oxygen atoms in total. The van der Waals surface area contributed by atoms with E-state index >= 15 is 0 Å². The molecular formula is C27H43NO7. The molecule has 1 rings (SSSR count). The van der Waals surface area contributed by atoms with Crippen LogP contribution in [0.1, 0.15) is 81.6 Å². The lowest BCUT2D eigenvalue weighted by atomic mass is 9.94. The van der Waals surface area contributed by atoms with Crippen molar-refractivity contribution < 1.29 is 33.3 Å². The smallest absolute Gasteiger partial charge is 0.408 e. The van der Waals surface area contributed by atoms with Gasteiger partial charge in [0.15, 0.2) is 0 Å². The van der Waals surface area contributed by atoms with E-state index in [2.05, 4.69) is 5.32 Å². The number of carbonyl (C=O) groups excluding carboxylic acids is 3. The van der Waals surface area contributed by atoms with Crippen LogP contribution >= 0.6 is 0 Å². The van der Waals surface area contributed by atoms with E-state index in [9.17, 15) is 14.4 Å². The molecule has 198 valence electrons. The van der Waals surface area contributed by atoms with Gasteiger partial charge in [-0.3, -0.25) is 4.79 Å². The molecule has 0 aliphatic carbocycles. The first-order valence-electron chi connectivity index (χ1n) is 12.1. The molecule has 1 aromatic rings. The van der Waals surface area contributed by atoms with Gasteiger partial charge in [-0.25, -0.2) is 9.59 Å². The van der Waals surface area contributed by atoms with Gasteiger partial charge < -0.3 is 24.3 Å². The number of ether oxygens (including phenoxy) is 4. The minimum absolute atomic E-state index is 0.00834. The maximum Gasteiger partial charge on any atom is 0.408 e. The Labute approximate surface area is 210 Å². The number of hydrogen-bond donors (Lipinski definition) is 1. The topological polar surface area (TPSA) is 100 Å². The molecule has 0 bridgehead atoms. The highest BCUT2D eigenvalue weighted by molar-refractivity contribution is 5.83. The summed E-state index contributed by atoms with van der Waals surface area (Å²) in [7, 11) is 0. The predicted octanol–water partition coefficient (Wildman–Crippen LogP) is 5.43. The van der Waals surface area contributed by atoms with Crippen molar-refractivity contribution in [1.82, 2.24) is 5.32 Å². The Balaban J connectivity index is 2.99. The van der Waals surface area contributed by atoms with Crippen LogP contribution in [-0.2, 0) is 23.8 Å². The van der Waals surface area contributed by atoms with Crippen LogP contribution in [-0.4, -0.2) is 47.5 Å². The van der Waals surface area contributed by atoms with E-state index in [1.54, 1.807) is 62.3 Å². The zero-order valence-corrected chi connectivity index (χ0v) is 22.7. The third-order valence-corrected chi connectivity index (χ3v) is 4.35. The average Bonchev–Trinajstić information content (AvgIpc) is 2.66. The van der Waals surface area contributed by atoms with Crippen LogP contribution < -0.4 is 10.1 Å². The van der Waals surface area contributed by atoms with E-state index in [0.717, 1.165) is 5.75 Å². The Hall–Kier alpha value is -2.77. The third-order valence-electron chi connectivity index (χ3n) is 4.35. The van der Waals surface area contributed by atoms with E-state index in [0.29, 0.717) is 19.4 Å². The lowest BCUT2D eigenvalue weighted by Gasteiger charge is -2.29. The van der Waals surface area contributed by atoms with Gasteiger partial charge >= 0.3 is 18.0 Å². The summed E-state index contributed by atoms with van der Waals surface area (Å²) in [4.78, 5) is 38.4. The molecule has 0 fully saturated rings. The molecule has 2 atom stereocenters. The standard InChI is InChI=1S/C27H43NO7/c1-25(2,3)33-22(29)19(14-13-17-32-20-15-11-10-12-16-20)18-21(23(30)34-26(4,5)6)28-24(31)35-27(7,8)9/h10-12,15-16,19,21H,13-14,17-18H2,1-9H3,(H,28,31)/t19-,21-/m0/s1. The number of alkyl carbamates (subject to hydrolysis) is 1. The quantitative estimate of drug-likeness (QED) is 0.263. The molecule has 1 aromatic carbocycles. The van der Waals surface area contributed by atoms with Crippen molar-refractivity contribution in [2.75, 3.05) is 6.61 Å². The second kappa shape index (κ2) is 12.8.